The van der Waals surface area contributed by atoms with Crippen LogP contribution in [0.25, 0.3) is 66.2 Å². The lowest BCUT2D eigenvalue weighted by molar-refractivity contribution is -0.124. The zero-order chi connectivity index (χ0) is 44.7. The first kappa shape index (κ1) is 41.2. The number of rotatable bonds is 0. The number of imide groups is 2. The summed E-state index contributed by atoms with van der Waals surface area (Å²) in [6.45, 7) is 6.44. The lowest BCUT2D eigenvalue weighted by Gasteiger charge is -2.09. The van der Waals surface area contributed by atoms with Gasteiger partial charge in [0.25, 0.3) is 23.6 Å². The van der Waals surface area contributed by atoms with E-state index in [0.29, 0.717) is 112 Å². The summed E-state index contributed by atoms with van der Waals surface area (Å²) in [6.07, 6.45) is 11.1. The van der Waals surface area contributed by atoms with Gasteiger partial charge in [-0.3, -0.25) is 29.8 Å². The molecule has 332 valence electrons. The molecule has 0 radical (unpaired) electrons. The van der Waals surface area contributed by atoms with Gasteiger partial charge in [-0.1, -0.05) is 36.4 Å². The van der Waals surface area contributed by atoms with Crippen LogP contribution in [0.15, 0.2) is 110 Å². The predicted octanol–water partition coefficient (Wildman–Crippen LogP) is 5.21. The van der Waals surface area contributed by atoms with Crippen LogP contribution < -0.4 is 10.6 Å². The van der Waals surface area contributed by atoms with Gasteiger partial charge in [0.2, 0.25) is 0 Å². The molecule has 66 heavy (non-hydrogen) atoms. The Balaban J connectivity index is 0.000000146. The van der Waals surface area contributed by atoms with E-state index >= 15 is 0 Å². The fourth-order valence-corrected chi connectivity index (χ4v) is 9.48. The second kappa shape index (κ2) is 17.5. The summed E-state index contributed by atoms with van der Waals surface area (Å²) in [7, 11) is 0. The number of benzene rings is 2. The number of ether oxygens (including phenoxy) is 4. The molecular weight excluding hydrogens is 841 g/mol. The molecule has 0 spiro atoms. The Morgan fingerprint density at radius 2 is 0.697 bits per heavy atom. The van der Waals surface area contributed by atoms with Gasteiger partial charge in [-0.15, -0.1) is 0 Å². The van der Waals surface area contributed by atoms with Crippen molar-refractivity contribution < 1.29 is 38.1 Å². The van der Waals surface area contributed by atoms with E-state index in [1.165, 1.54) is 0 Å². The Hall–Kier alpha value is -7.50. The minimum Gasteiger partial charge on any atom is -0.377 e. The highest BCUT2D eigenvalue weighted by Gasteiger charge is 2.37. The SMILES string of the molecule is O=C1NC(=O)C2=C1c1cn(c3ccccc13)CCOCCOCCn1cc2c2cccnc21.O=C1NC(=O)C2=C1c1cn(c3ccccc13)CCOCCOCCn1cc2c2cccnc21. The maximum Gasteiger partial charge on any atom is 0.259 e. The summed E-state index contributed by atoms with van der Waals surface area (Å²) in [5, 5.41) is 8.53. The molecule has 2 N–H and O–H groups in total. The van der Waals surface area contributed by atoms with Crippen molar-refractivity contribution in [3.8, 4) is 0 Å². The monoisotopic (exact) mass is 884 g/mol. The molecule has 0 saturated carbocycles. The maximum atomic E-state index is 13.1. The molecule has 16 heteroatoms. The van der Waals surface area contributed by atoms with Gasteiger partial charge >= 0.3 is 0 Å². The second-order valence-corrected chi connectivity index (χ2v) is 16.2. The summed E-state index contributed by atoms with van der Waals surface area (Å²) in [5.74, 6) is -1.56. The first-order valence-electron chi connectivity index (χ1n) is 22.0. The number of pyridine rings is 2. The lowest BCUT2D eigenvalue weighted by Crippen LogP contribution is -2.22. The van der Waals surface area contributed by atoms with Gasteiger partial charge in [0, 0.05) is 118 Å². The average molecular weight is 885 g/mol. The van der Waals surface area contributed by atoms with Gasteiger partial charge in [-0.05, 0) is 36.4 Å². The summed E-state index contributed by atoms with van der Waals surface area (Å²) < 4.78 is 31.1. The molecule has 12 rings (SSSR count). The molecule has 0 saturated heterocycles. The van der Waals surface area contributed by atoms with Crippen LogP contribution >= 0.6 is 0 Å². The van der Waals surface area contributed by atoms with E-state index in [1.807, 2.05) is 107 Å². The van der Waals surface area contributed by atoms with E-state index in [1.54, 1.807) is 12.4 Å². The molecule has 16 nitrogen and oxygen atoms in total. The quantitative estimate of drug-likeness (QED) is 0.193. The van der Waals surface area contributed by atoms with Crippen LogP contribution in [0, 0.1) is 0 Å². The third-order valence-corrected chi connectivity index (χ3v) is 12.4. The van der Waals surface area contributed by atoms with Gasteiger partial charge < -0.3 is 37.2 Å². The van der Waals surface area contributed by atoms with E-state index in [4.69, 9.17) is 18.9 Å². The normalized spacial score (nSPS) is 17.6. The fraction of sp³-hybridized carbons (Fsp3) is 0.240. The van der Waals surface area contributed by atoms with E-state index in [-0.39, 0.29) is 11.8 Å². The summed E-state index contributed by atoms with van der Waals surface area (Å²) in [5.41, 5.74) is 7.88. The third kappa shape index (κ3) is 7.29. The van der Waals surface area contributed by atoms with Crippen molar-refractivity contribution in [3.05, 3.63) is 132 Å². The maximum absolute atomic E-state index is 13.1. The zero-order valence-corrected chi connectivity index (χ0v) is 35.8. The van der Waals surface area contributed by atoms with Gasteiger partial charge in [-0.25, -0.2) is 9.97 Å². The van der Waals surface area contributed by atoms with E-state index in [2.05, 4.69) is 29.7 Å². The molecular formula is C50H44N8O8. The largest absolute Gasteiger partial charge is 0.377 e. The standard InChI is InChI=1S/2C25H22N4O4/c2*30-24-21-18-14-28(20-6-2-1-4-16(18)20)8-10-32-12-13-33-11-9-29-15-19(22(21)25(31)27-24)17-5-3-7-26-23(17)29/h2*1-7,14-15H,8-13H2,(H,27,30,31). The highest BCUT2D eigenvalue weighted by Crippen LogP contribution is 2.40. The summed E-state index contributed by atoms with van der Waals surface area (Å²) in [4.78, 5) is 61.4. The van der Waals surface area contributed by atoms with E-state index in [0.717, 1.165) is 55.0 Å². The molecule has 6 aromatic heterocycles. The number of fused-ring (bicyclic) bond motifs is 24. The number of amides is 4. The van der Waals surface area contributed by atoms with Crippen molar-refractivity contribution in [2.45, 2.75) is 26.2 Å². The zero-order valence-electron chi connectivity index (χ0n) is 35.8. The van der Waals surface area contributed by atoms with E-state index in [9.17, 15) is 19.2 Å². The van der Waals surface area contributed by atoms with E-state index < -0.39 is 11.8 Å². The molecule has 0 atom stereocenters. The smallest absolute Gasteiger partial charge is 0.259 e. The molecule has 8 aromatic rings. The number of carbonyl (C=O) groups is 4. The minimum absolute atomic E-state index is 0.379. The molecule has 0 aliphatic carbocycles. The first-order chi connectivity index (χ1) is 32.4. The van der Waals surface area contributed by atoms with Crippen LogP contribution in [0.5, 0.6) is 0 Å². The second-order valence-electron chi connectivity index (χ2n) is 16.2. The summed E-state index contributed by atoms with van der Waals surface area (Å²) in [6, 6.07) is 23.4. The highest BCUT2D eigenvalue weighted by molar-refractivity contribution is 6.51. The Kier molecular flexibility index (Phi) is 10.9. The Labute approximate surface area is 377 Å². The Morgan fingerprint density at radius 1 is 0.379 bits per heavy atom. The highest BCUT2D eigenvalue weighted by atomic mass is 16.5. The molecule has 4 aliphatic heterocycles. The number of carbonyl (C=O) groups excluding carboxylic acids is 4. The number of hydrogen-bond acceptors (Lipinski definition) is 10. The van der Waals surface area contributed by atoms with Gasteiger partial charge in [0.05, 0.1) is 75.1 Å². The molecule has 4 amide bonds. The topological polar surface area (TPSA) is 175 Å². The third-order valence-electron chi connectivity index (χ3n) is 12.4. The van der Waals surface area contributed by atoms with Crippen LogP contribution in [0.4, 0.5) is 0 Å². The number of nitrogens with zero attached hydrogens (tertiary/aromatic N) is 6. The lowest BCUT2D eigenvalue weighted by atomic mass is 9.96. The van der Waals surface area contributed by atoms with Crippen molar-refractivity contribution in [2.75, 3.05) is 52.9 Å². The van der Waals surface area contributed by atoms with Crippen LogP contribution in [-0.2, 0) is 64.3 Å². The number of hydrogen-bond donors (Lipinski definition) is 2. The molecule has 4 aliphatic rings. The van der Waals surface area contributed by atoms with Crippen LogP contribution in [0.2, 0.25) is 0 Å². The molecule has 2 aromatic carbocycles. The summed E-state index contributed by atoms with van der Waals surface area (Å²) >= 11 is 0. The fourth-order valence-electron chi connectivity index (χ4n) is 9.48. The van der Waals surface area contributed by atoms with Crippen molar-refractivity contribution in [1.82, 2.24) is 38.9 Å². The number of nitrogens with one attached hydrogen (secondary N) is 2. The average Bonchev–Trinajstić information content (AvgIpc) is 4.17. The van der Waals surface area contributed by atoms with Gasteiger partial charge in [0.15, 0.2) is 0 Å². The van der Waals surface area contributed by atoms with Crippen LogP contribution in [0.3, 0.4) is 0 Å². The predicted molar refractivity (Wildman–Crippen MR) is 247 cm³/mol. The Bertz CT molecular complexity index is 2890. The van der Waals surface area contributed by atoms with Crippen molar-refractivity contribution >= 4 is 89.8 Å². The van der Waals surface area contributed by atoms with Crippen LogP contribution in [-0.4, -0.2) is 105 Å². The van der Waals surface area contributed by atoms with Crippen molar-refractivity contribution in [1.29, 1.82) is 0 Å². The van der Waals surface area contributed by atoms with Crippen molar-refractivity contribution in [2.24, 2.45) is 0 Å². The molecule has 8 bridgehead atoms. The first-order valence-corrected chi connectivity index (χ1v) is 22.0. The van der Waals surface area contributed by atoms with Crippen LogP contribution in [0.1, 0.15) is 22.3 Å². The molecule has 0 fully saturated rings. The minimum atomic E-state index is -0.393. The van der Waals surface area contributed by atoms with Gasteiger partial charge in [-0.2, -0.15) is 0 Å². The number of para-hydroxylation sites is 2. The molecule has 0 unspecified atom stereocenters. The van der Waals surface area contributed by atoms with Gasteiger partial charge in [0.1, 0.15) is 11.3 Å². The number of aromatic nitrogens is 6. The molecule has 10 heterocycles. The van der Waals surface area contributed by atoms with Crippen molar-refractivity contribution in [3.63, 3.8) is 0 Å². The Morgan fingerprint density at radius 3 is 1.09 bits per heavy atom.